The number of ether oxygens (including phenoxy) is 1. The fourth-order valence-corrected chi connectivity index (χ4v) is 4.93. The summed E-state index contributed by atoms with van der Waals surface area (Å²) >= 11 is 8.12. The van der Waals surface area contributed by atoms with Gasteiger partial charge in [-0.25, -0.2) is 4.79 Å². The molecule has 0 bridgehead atoms. The van der Waals surface area contributed by atoms with E-state index in [0.29, 0.717) is 6.54 Å². The maximum Gasteiger partial charge on any atom is 0.407 e. The van der Waals surface area contributed by atoms with Crippen LogP contribution < -0.4 is 5.32 Å². The van der Waals surface area contributed by atoms with Crippen molar-refractivity contribution in [3.05, 3.63) is 69.1 Å². The lowest BCUT2D eigenvalue weighted by Gasteiger charge is -2.14. The fourth-order valence-electron chi connectivity index (χ4n) is 3.46. The van der Waals surface area contributed by atoms with Gasteiger partial charge in [0.15, 0.2) is 0 Å². The van der Waals surface area contributed by atoms with Gasteiger partial charge in [-0.3, -0.25) is 0 Å². The van der Waals surface area contributed by atoms with E-state index in [-0.39, 0.29) is 6.61 Å². The molecule has 1 aromatic heterocycles. The summed E-state index contributed by atoms with van der Waals surface area (Å²) in [4.78, 5) is 15.6. The maximum absolute atomic E-state index is 12.1. The molecule has 0 unspecified atom stereocenters. The van der Waals surface area contributed by atoms with Gasteiger partial charge in [-0.1, -0.05) is 48.0 Å². The monoisotopic (exact) mass is 400 g/mol. The summed E-state index contributed by atoms with van der Waals surface area (Å²) < 4.78 is 6.44. The molecule has 4 nitrogen and oxygen atoms in total. The zero-order valence-electron chi connectivity index (χ0n) is 15.1. The SMILES string of the molecule is CN1CCc2ccc(Cl)c3sc(CNC(=O)OCc4ccccc4)c(c23)C1. The number of rotatable bonds is 4. The number of nitrogens with one attached hydrogen (secondary N) is 1. The Balaban J connectivity index is 1.50. The van der Waals surface area contributed by atoms with Gasteiger partial charge in [0.05, 0.1) is 16.3 Å². The molecule has 4 rings (SSSR count). The summed E-state index contributed by atoms with van der Waals surface area (Å²) in [5.74, 6) is 0. The van der Waals surface area contributed by atoms with Gasteiger partial charge in [0, 0.05) is 23.4 Å². The zero-order chi connectivity index (χ0) is 18.8. The van der Waals surface area contributed by atoms with Crippen molar-refractivity contribution in [2.75, 3.05) is 13.6 Å². The number of amides is 1. The summed E-state index contributed by atoms with van der Waals surface area (Å²) in [6, 6.07) is 13.8. The van der Waals surface area contributed by atoms with Crippen LogP contribution in [0.15, 0.2) is 42.5 Å². The molecule has 0 atom stereocenters. The molecule has 1 aliphatic rings. The van der Waals surface area contributed by atoms with Gasteiger partial charge in [0.1, 0.15) is 6.61 Å². The van der Waals surface area contributed by atoms with Crippen LogP contribution in [0.5, 0.6) is 0 Å². The van der Waals surface area contributed by atoms with Gasteiger partial charge in [0.25, 0.3) is 0 Å². The van der Waals surface area contributed by atoms with Crippen LogP contribution in [0, 0.1) is 0 Å². The highest BCUT2D eigenvalue weighted by Crippen LogP contribution is 2.40. The minimum absolute atomic E-state index is 0.269. The Hall–Kier alpha value is -2.08. The average molecular weight is 401 g/mol. The molecule has 27 heavy (non-hydrogen) atoms. The molecule has 1 amide bonds. The molecular weight excluding hydrogens is 380 g/mol. The Morgan fingerprint density at radius 1 is 1.26 bits per heavy atom. The van der Waals surface area contributed by atoms with E-state index in [2.05, 4.69) is 23.3 Å². The third kappa shape index (κ3) is 3.95. The van der Waals surface area contributed by atoms with Gasteiger partial charge in [-0.05, 0) is 36.2 Å². The number of benzene rings is 2. The van der Waals surface area contributed by atoms with Gasteiger partial charge < -0.3 is 15.0 Å². The first-order valence-electron chi connectivity index (χ1n) is 8.96. The number of nitrogens with zero attached hydrogens (tertiary/aromatic N) is 1. The van der Waals surface area contributed by atoms with E-state index in [9.17, 15) is 4.79 Å². The number of halogens is 1. The lowest BCUT2D eigenvalue weighted by atomic mass is 10.0. The Bertz CT molecular complexity index is 971. The van der Waals surface area contributed by atoms with E-state index in [4.69, 9.17) is 16.3 Å². The molecule has 2 heterocycles. The van der Waals surface area contributed by atoms with Crippen LogP contribution in [0.3, 0.4) is 0 Å². The van der Waals surface area contributed by atoms with Crippen LogP contribution in [-0.2, 0) is 30.9 Å². The minimum atomic E-state index is -0.406. The topological polar surface area (TPSA) is 41.6 Å². The standard InChI is InChI=1S/C21H21ClN2O2S/c1-24-10-9-15-7-8-17(22)20-19(15)16(12-24)18(27-20)11-23-21(25)26-13-14-5-3-2-4-6-14/h2-8H,9-13H2,1H3,(H,23,25). The summed E-state index contributed by atoms with van der Waals surface area (Å²) in [7, 11) is 2.13. The largest absolute Gasteiger partial charge is 0.445 e. The number of carbonyl (C=O) groups excluding carboxylic acids is 1. The van der Waals surface area contributed by atoms with Crippen LogP contribution >= 0.6 is 22.9 Å². The maximum atomic E-state index is 12.1. The van der Waals surface area contributed by atoms with Crippen molar-refractivity contribution in [1.29, 1.82) is 0 Å². The number of alkyl carbamates (subject to hydrolysis) is 1. The van der Waals surface area contributed by atoms with Crippen molar-refractivity contribution < 1.29 is 9.53 Å². The smallest absolute Gasteiger partial charge is 0.407 e. The second kappa shape index (κ2) is 7.89. The number of likely N-dealkylation sites (N-methyl/N-ethyl adjacent to an activating group) is 1. The average Bonchev–Trinajstić information content (AvgIpc) is 2.95. The van der Waals surface area contributed by atoms with Crippen LogP contribution in [0.4, 0.5) is 4.79 Å². The molecule has 0 saturated heterocycles. The number of hydrogen-bond donors (Lipinski definition) is 1. The molecule has 140 valence electrons. The second-order valence-corrected chi connectivity index (χ2v) is 8.33. The van der Waals surface area contributed by atoms with Crippen LogP contribution in [-0.4, -0.2) is 24.6 Å². The molecule has 1 aliphatic heterocycles. The van der Waals surface area contributed by atoms with Crippen molar-refractivity contribution in [2.45, 2.75) is 26.1 Å². The summed E-state index contributed by atoms with van der Waals surface area (Å²) in [6.45, 7) is 2.60. The molecule has 2 aromatic carbocycles. The van der Waals surface area contributed by atoms with Crippen LogP contribution in [0.1, 0.15) is 21.6 Å². The van der Waals surface area contributed by atoms with E-state index in [0.717, 1.165) is 39.7 Å². The lowest BCUT2D eigenvalue weighted by Crippen LogP contribution is -2.24. The summed E-state index contributed by atoms with van der Waals surface area (Å²) in [5.41, 5.74) is 3.58. The minimum Gasteiger partial charge on any atom is -0.445 e. The molecule has 0 saturated carbocycles. The molecule has 3 aromatic rings. The van der Waals surface area contributed by atoms with Crippen molar-refractivity contribution in [1.82, 2.24) is 10.2 Å². The van der Waals surface area contributed by atoms with Crippen LogP contribution in [0.2, 0.25) is 5.02 Å². The Labute approximate surface area is 167 Å². The van der Waals surface area contributed by atoms with E-state index < -0.39 is 6.09 Å². The molecular formula is C21H21ClN2O2S. The predicted molar refractivity (Wildman–Crippen MR) is 110 cm³/mol. The lowest BCUT2D eigenvalue weighted by molar-refractivity contribution is 0.139. The third-order valence-corrected chi connectivity index (χ3v) is 6.55. The molecule has 0 fully saturated rings. The van der Waals surface area contributed by atoms with Crippen molar-refractivity contribution in [3.8, 4) is 0 Å². The zero-order valence-corrected chi connectivity index (χ0v) is 16.7. The normalized spacial score (nSPS) is 14.1. The van der Waals surface area contributed by atoms with Gasteiger partial charge in [-0.2, -0.15) is 0 Å². The highest BCUT2D eigenvalue weighted by Gasteiger charge is 2.22. The predicted octanol–water partition coefficient (Wildman–Crippen LogP) is 4.97. The molecule has 0 radical (unpaired) electrons. The van der Waals surface area contributed by atoms with Gasteiger partial charge >= 0.3 is 6.09 Å². The summed E-state index contributed by atoms with van der Waals surface area (Å²) in [5, 5.41) is 4.94. The first-order valence-corrected chi connectivity index (χ1v) is 10.2. The Kier molecular flexibility index (Phi) is 5.34. The highest BCUT2D eigenvalue weighted by molar-refractivity contribution is 7.20. The second-order valence-electron chi connectivity index (χ2n) is 6.82. The molecule has 1 N–H and O–H groups in total. The van der Waals surface area contributed by atoms with E-state index in [1.54, 1.807) is 11.3 Å². The first-order chi connectivity index (χ1) is 13.1. The number of thiophene rings is 1. The van der Waals surface area contributed by atoms with E-state index in [1.165, 1.54) is 16.5 Å². The van der Waals surface area contributed by atoms with Crippen molar-refractivity contribution in [3.63, 3.8) is 0 Å². The third-order valence-electron chi connectivity index (χ3n) is 4.86. The van der Waals surface area contributed by atoms with E-state index in [1.807, 2.05) is 36.4 Å². The van der Waals surface area contributed by atoms with Crippen LogP contribution in [0.25, 0.3) is 10.1 Å². The Morgan fingerprint density at radius 2 is 2.07 bits per heavy atom. The summed E-state index contributed by atoms with van der Waals surface area (Å²) in [6.07, 6.45) is 0.608. The van der Waals surface area contributed by atoms with Gasteiger partial charge in [-0.15, -0.1) is 11.3 Å². The molecule has 0 aliphatic carbocycles. The van der Waals surface area contributed by atoms with E-state index >= 15 is 0 Å². The first kappa shape index (κ1) is 18.3. The molecule has 0 spiro atoms. The molecule has 6 heteroatoms. The van der Waals surface area contributed by atoms with Gasteiger partial charge in [0.2, 0.25) is 0 Å². The quantitative estimate of drug-likeness (QED) is 0.672. The number of hydrogen-bond acceptors (Lipinski definition) is 4. The van der Waals surface area contributed by atoms with Crippen molar-refractivity contribution in [2.24, 2.45) is 0 Å². The number of carbonyl (C=O) groups is 1. The fraction of sp³-hybridized carbons (Fsp3) is 0.286. The van der Waals surface area contributed by atoms with Crippen molar-refractivity contribution >= 4 is 39.1 Å². The Morgan fingerprint density at radius 3 is 2.89 bits per heavy atom. The highest BCUT2D eigenvalue weighted by atomic mass is 35.5.